The molecule has 3 aromatic rings. The van der Waals surface area contributed by atoms with Gasteiger partial charge in [-0.3, -0.25) is 9.69 Å². The molecule has 0 bridgehead atoms. The summed E-state index contributed by atoms with van der Waals surface area (Å²) >= 11 is 0. The zero-order valence-corrected chi connectivity index (χ0v) is 49.9. The van der Waals surface area contributed by atoms with Crippen LogP contribution in [0.4, 0.5) is 0 Å². The number of ether oxygens (including phenoxy) is 5. The molecule has 0 amide bonds. The molecular weight excluding hydrogens is 992 g/mol. The van der Waals surface area contributed by atoms with Crippen LogP contribution in [0.5, 0.6) is 0 Å². The van der Waals surface area contributed by atoms with Crippen LogP contribution in [0.25, 0.3) is 0 Å². The van der Waals surface area contributed by atoms with Crippen LogP contribution in [0, 0.1) is 23.7 Å². The third-order valence-corrected chi connectivity index (χ3v) is 22.7. The molecule has 77 heavy (non-hydrogen) atoms. The lowest BCUT2D eigenvalue weighted by atomic mass is 9.68. The molecule has 6 rings (SSSR count). The van der Waals surface area contributed by atoms with E-state index in [9.17, 15) is 30.3 Å². The molecule has 5 N–H and O–H groups in total. The van der Waals surface area contributed by atoms with Crippen LogP contribution in [-0.2, 0) is 28.5 Å². The maximum absolute atomic E-state index is 14.8. The van der Waals surface area contributed by atoms with Gasteiger partial charge in [-0.2, -0.15) is 0 Å². The van der Waals surface area contributed by atoms with E-state index in [4.69, 9.17) is 23.7 Å². The third kappa shape index (κ3) is 14.8. The fraction of sp³-hybridized carbons (Fsp3) is 0.698. The highest BCUT2D eigenvalue weighted by Crippen LogP contribution is 2.56. The highest BCUT2D eigenvalue weighted by molar-refractivity contribution is 7.95. The molecule has 3 saturated heterocycles. The molecule has 3 aliphatic heterocycles. The van der Waals surface area contributed by atoms with Gasteiger partial charge in [-0.05, 0) is 149 Å². The zero-order valence-electron chi connectivity index (χ0n) is 49.0. The first-order valence-electron chi connectivity index (χ1n) is 29.1. The van der Waals surface area contributed by atoms with Gasteiger partial charge < -0.3 is 54.1 Å². The first kappa shape index (κ1) is 63.3. The Morgan fingerprint density at radius 3 is 1.79 bits per heavy atom. The van der Waals surface area contributed by atoms with E-state index in [2.05, 4.69) is 103 Å². The number of esters is 1. The van der Waals surface area contributed by atoms with Crippen molar-refractivity contribution in [3.63, 3.8) is 0 Å². The number of hydrogen-bond donors (Lipinski definition) is 5. The fourth-order valence-electron chi connectivity index (χ4n) is 13.7. The van der Waals surface area contributed by atoms with Crippen molar-refractivity contribution in [1.29, 1.82) is 0 Å². The van der Waals surface area contributed by atoms with Gasteiger partial charge in [0.25, 0.3) is 0 Å². The number of methoxy groups -OCH3 is 1. The number of aliphatic hydroxyl groups excluding tert-OH is 3. The summed E-state index contributed by atoms with van der Waals surface area (Å²) in [5.74, 6) is -2.99. The van der Waals surface area contributed by atoms with Gasteiger partial charge >= 0.3 is 5.97 Å². The Balaban J connectivity index is 1.25. The van der Waals surface area contributed by atoms with Crippen molar-refractivity contribution < 1.29 is 54.0 Å². The molecule has 3 aliphatic rings. The second-order valence-electron chi connectivity index (χ2n) is 24.5. The first-order chi connectivity index (χ1) is 36.4. The summed E-state index contributed by atoms with van der Waals surface area (Å²) in [6.07, 6.45) is 0.487. The molecule has 0 aliphatic carbocycles. The van der Waals surface area contributed by atoms with Gasteiger partial charge in [0.1, 0.15) is 53.2 Å². The van der Waals surface area contributed by atoms with E-state index in [-0.39, 0.29) is 37.3 Å². The van der Waals surface area contributed by atoms with Crippen LogP contribution in [0.3, 0.4) is 0 Å². The summed E-state index contributed by atoms with van der Waals surface area (Å²) in [5, 5.41) is 65.3. The van der Waals surface area contributed by atoms with Crippen molar-refractivity contribution in [3.8, 4) is 0 Å². The molecule has 14 heteroatoms. The summed E-state index contributed by atoms with van der Waals surface area (Å²) in [7, 11) is 3.49. The molecule has 1 unspecified atom stereocenters. The number of unbranched alkanes of at least 4 members (excludes halogenated alkanes) is 5. The SMILES string of the molecule is CC[C@H]1OC(=O)[C@H](C)C([C@H]2C[C@@](C)(OC)[C@@H](O)[C@H](C)O2)[C@H](C)[C@@H](O[C@@H]2O[C@H](C)C[C@H](N(C)C)[C@H]2O)[C@](C)(O)C[C@@H](C)CN(CCCCCCCC[P+](c2ccccc2)(c2ccccc2)c2ccccc2)[C@H](C)[C@@H](O)[C@]1(C)O. The maximum atomic E-state index is 14.8. The van der Waals surface area contributed by atoms with Crippen molar-refractivity contribution >= 4 is 29.1 Å². The predicted molar refractivity (Wildman–Crippen MR) is 309 cm³/mol. The van der Waals surface area contributed by atoms with Crippen LogP contribution >= 0.6 is 7.26 Å². The Bertz CT molecular complexity index is 2130. The van der Waals surface area contributed by atoms with Crippen molar-refractivity contribution in [2.45, 2.75) is 217 Å². The molecule has 432 valence electrons. The zero-order chi connectivity index (χ0) is 56.5. The normalized spacial score (nSPS) is 37.4. The lowest BCUT2D eigenvalue weighted by molar-refractivity contribution is -0.302. The van der Waals surface area contributed by atoms with Crippen LogP contribution < -0.4 is 15.9 Å². The lowest BCUT2D eigenvalue weighted by Gasteiger charge is -2.51. The van der Waals surface area contributed by atoms with Gasteiger partial charge in [0.15, 0.2) is 6.29 Å². The number of carbonyl (C=O) groups excluding carboxylic acids is 1. The molecule has 3 fully saturated rings. The average molecular weight is 1090 g/mol. The molecule has 3 aromatic carbocycles. The number of hydrogen-bond acceptors (Lipinski definition) is 13. The van der Waals surface area contributed by atoms with Crippen molar-refractivity contribution in [2.75, 3.05) is 40.5 Å². The largest absolute Gasteiger partial charge is 0.459 e. The van der Waals surface area contributed by atoms with Gasteiger partial charge in [0.2, 0.25) is 0 Å². The smallest absolute Gasteiger partial charge is 0.309 e. The minimum atomic E-state index is -1.90. The third-order valence-electron chi connectivity index (χ3n) is 18.2. The van der Waals surface area contributed by atoms with E-state index in [1.54, 1.807) is 34.8 Å². The molecule has 3 heterocycles. The fourth-order valence-corrected chi connectivity index (χ4v) is 18.1. The summed E-state index contributed by atoms with van der Waals surface area (Å²) in [4.78, 5) is 19.0. The highest BCUT2D eigenvalue weighted by Gasteiger charge is 2.55. The van der Waals surface area contributed by atoms with E-state index in [1.807, 2.05) is 53.6 Å². The van der Waals surface area contributed by atoms with Crippen LogP contribution in [0.15, 0.2) is 91.0 Å². The monoisotopic (exact) mass is 1090 g/mol. The highest BCUT2D eigenvalue weighted by atomic mass is 31.2. The summed E-state index contributed by atoms with van der Waals surface area (Å²) in [6.45, 7) is 19.6. The van der Waals surface area contributed by atoms with Crippen molar-refractivity contribution in [2.24, 2.45) is 23.7 Å². The van der Waals surface area contributed by atoms with E-state index in [1.165, 1.54) is 15.9 Å². The minimum Gasteiger partial charge on any atom is -0.459 e. The predicted octanol–water partition coefficient (Wildman–Crippen LogP) is 7.88. The van der Waals surface area contributed by atoms with Crippen molar-refractivity contribution in [1.82, 2.24) is 9.80 Å². The summed E-state index contributed by atoms with van der Waals surface area (Å²) in [5.41, 5.74) is -4.42. The molecular formula is C63H100N2O11P+. The molecule has 0 radical (unpaired) electrons. The Morgan fingerprint density at radius 1 is 0.740 bits per heavy atom. The minimum absolute atomic E-state index is 0.158. The Morgan fingerprint density at radius 2 is 1.27 bits per heavy atom. The lowest BCUT2D eigenvalue weighted by Crippen LogP contribution is -2.61. The van der Waals surface area contributed by atoms with Gasteiger partial charge in [0, 0.05) is 38.1 Å². The molecule has 18 atom stereocenters. The molecule has 0 aromatic heterocycles. The maximum Gasteiger partial charge on any atom is 0.309 e. The number of likely N-dealkylation sites (N-methyl/N-ethyl adjacent to an activating group) is 1. The second-order valence-corrected chi connectivity index (χ2v) is 28.1. The van der Waals surface area contributed by atoms with Gasteiger partial charge in [-0.15, -0.1) is 0 Å². The van der Waals surface area contributed by atoms with Crippen LogP contribution in [0.2, 0.25) is 0 Å². The van der Waals surface area contributed by atoms with E-state index >= 15 is 0 Å². The Hall–Kier alpha value is -2.88. The molecule has 13 nitrogen and oxygen atoms in total. The number of nitrogens with zero attached hydrogens (tertiary/aromatic N) is 2. The van der Waals surface area contributed by atoms with Gasteiger partial charge in [0.05, 0.1) is 47.7 Å². The number of aliphatic hydroxyl groups is 5. The number of cyclic esters (lactones) is 1. The van der Waals surface area contributed by atoms with E-state index in [0.29, 0.717) is 19.5 Å². The summed E-state index contributed by atoms with van der Waals surface area (Å²) in [6, 6.07) is 32.3. The quantitative estimate of drug-likeness (QED) is 0.0474. The van der Waals surface area contributed by atoms with Gasteiger partial charge in [-0.1, -0.05) is 102 Å². The standard InChI is InChI=1S/C63H100N2O11P/c1-14-53-63(10,71)56(67)46(6)65(36-28-17-15-16-18-29-37-77(48-30-22-19-23-31-48,49-32-24-20-25-33-49)50-34-26-21-27-35-50)41-42(2)39-61(8,70)58(76-60-55(66)51(64(11)12)38-43(3)73-60)44(4)54(45(5)59(69)75-53)52-40-62(9,72-13)57(68)47(7)74-52/h19-27,30-35,42-47,51-58,60,66-68,70-71H,14-18,28-29,36-41H2,1-13H3/q+1/t42-,43-,44+,45-,46-,47+,51+,52-,53-,54?,55-,56-,57+,58-,60+,61-,62-,63-/m1/s1. The second kappa shape index (κ2) is 27.7. The van der Waals surface area contributed by atoms with E-state index < -0.39 is 103 Å². The average Bonchev–Trinajstić information content (AvgIpc) is 3.44. The number of carbonyl (C=O) groups is 1. The van der Waals surface area contributed by atoms with E-state index in [0.717, 1.165) is 44.7 Å². The van der Waals surface area contributed by atoms with Gasteiger partial charge in [-0.25, -0.2) is 0 Å². The molecule has 0 saturated carbocycles. The molecule has 0 spiro atoms. The Labute approximate surface area is 463 Å². The van der Waals surface area contributed by atoms with Crippen molar-refractivity contribution in [3.05, 3.63) is 91.0 Å². The van der Waals surface area contributed by atoms with Crippen LogP contribution in [0.1, 0.15) is 133 Å². The first-order valence-corrected chi connectivity index (χ1v) is 31.1. The Kier molecular flexibility index (Phi) is 22.8. The topological polar surface area (TPSA) is 171 Å². The number of rotatable bonds is 18. The van der Waals surface area contributed by atoms with Crippen LogP contribution in [-0.4, -0.2) is 166 Å². The number of benzene rings is 3. The summed E-state index contributed by atoms with van der Waals surface area (Å²) < 4.78 is 32.4.